The quantitative estimate of drug-likeness (QED) is 0.768. The second kappa shape index (κ2) is 3.59. The maximum Gasteiger partial charge on any atom is 0.271 e. The van der Waals surface area contributed by atoms with Crippen LogP contribution in [0.2, 0.25) is 0 Å². The zero-order valence-corrected chi connectivity index (χ0v) is 9.32. The Bertz CT molecular complexity index is 689. The van der Waals surface area contributed by atoms with Gasteiger partial charge < -0.3 is 5.10 Å². The summed E-state index contributed by atoms with van der Waals surface area (Å²) in [5.74, 6) is 0. The van der Waals surface area contributed by atoms with Gasteiger partial charge in [0.05, 0.1) is 11.3 Å². The fourth-order valence-corrected chi connectivity index (χ4v) is 1.94. The molecule has 0 amide bonds. The van der Waals surface area contributed by atoms with Gasteiger partial charge in [-0.3, -0.25) is 14.9 Å². The van der Waals surface area contributed by atoms with Crippen LogP contribution in [0.1, 0.15) is 16.8 Å². The minimum Gasteiger partial charge on any atom is -0.302 e. The molecular weight excluding hydrogens is 214 g/mol. The molecule has 0 fully saturated rings. The van der Waals surface area contributed by atoms with Crippen LogP contribution in [-0.2, 0) is 0 Å². The number of H-pyrrole nitrogens is 2. The number of aryl methyl sites for hydroxylation is 1. The molecular formula is C13H11N3O. The molecule has 1 aromatic carbocycles. The maximum atomic E-state index is 11.6. The van der Waals surface area contributed by atoms with Crippen molar-refractivity contribution in [2.45, 2.75) is 6.92 Å². The molecule has 2 aromatic rings. The Morgan fingerprint density at radius 3 is 2.82 bits per heavy atom. The van der Waals surface area contributed by atoms with Gasteiger partial charge in [-0.05, 0) is 19.1 Å². The summed E-state index contributed by atoms with van der Waals surface area (Å²) in [6.07, 6.45) is 3.65. The fourth-order valence-electron chi connectivity index (χ4n) is 1.94. The summed E-state index contributed by atoms with van der Waals surface area (Å²) in [6.45, 7) is 1.86. The van der Waals surface area contributed by atoms with Crippen LogP contribution in [0.15, 0.2) is 34.1 Å². The molecule has 2 heterocycles. The first-order valence-electron chi connectivity index (χ1n) is 5.38. The summed E-state index contributed by atoms with van der Waals surface area (Å²) in [4.78, 5) is 15.9. The molecule has 3 rings (SSSR count). The van der Waals surface area contributed by atoms with Crippen molar-refractivity contribution in [3.63, 3.8) is 0 Å². The van der Waals surface area contributed by atoms with E-state index in [2.05, 4.69) is 15.2 Å². The Morgan fingerprint density at radius 1 is 1.24 bits per heavy atom. The average Bonchev–Trinajstić information content (AvgIpc) is 2.88. The number of aromatic nitrogens is 2. The molecule has 1 aliphatic rings. The first-order valence-corrected chi connectivity index (χ1v) is 5.38. The van der Waals surface area contributed by atoms with E-state index in [4.69, 9.17) is 0 Å². The van der Waals surface area contributed by atoms with Gasteiger partial charge in [0.15, 0.2) is 0 Å². The Hall–Kier alpha value is -2.36. The van der Waals surface area contributed by atoms with Crippen molar-refractivity contribution in [2.75, 3.05) is 0 Å². The molecule has 0 atom stereocenters. The van der Waals surface area contributed by atoms with Gasteiger partial charge in [-0.15, -0.1) is 0 Å². The summed E-state index contributed by atoms with van der Waals surface area (Å²) >= 11 is 0. The third kappa shape index (κ3) is 1.54. The number of para-hydroxylation sites is 1. The van der Waals surface area contributed by atoms with Crippen molar-refractivity contribution in [3.05, 3.63) is 51.4 Å². The van der Waals surface area contributed by atoms with E-state index in [0.29, 0.717) is 5.56 Å². The first-order chi connectivity index (χ1) is 8.25. The number of aromatic amines is 2. The Labute approximate surface area is 97.7 Å². The zero-order chi connectivity index (χ0) is 11.8. The topological polar surface area (TPSA) is 61.0 Å². The van der Waals surface area contributed by atoms with E-state index in [9.17, 15) is 4.79 Å². The number of hydrogen-bond donors (Lipinski definition) is 2. The molecule has 1 aromatic heterocycles. The van der Waals surface area contributed by atoms with Crippen molar-refractivity contribution < 1.29 is 0 Å². The van der Waals surface area contributed by atoms with Crippen LogP contribution >= 0.6 is 0 Å². The van der Waals surface area contributed by atoms with Gasteiger partial charge in [0.25, 0.3) is 5.56 Å². The van der Waals surface area contributed by atoms with Crippen LogP contribution in [0.3, 0.4) is 0 Å². The molecule has 17 heavy (non-hydrogen) atoms. The number of allylic oxidation sites excluding steroid dienone is 1. The smallest absolute Gasteiger partial charge is 0.271 e. The van der Waals surface area contributed by atoms with Crippen molar-refractivity contribution >= 4 is 23.6 Å². The highest BCUT2D eigenvalue weighted by Crippen LogP contribution is 2.31. The molecule has 0 unspecified atom stereocenters. The van der Waals surface area contributed by atoms with Crippen LogP contribution in [0.25, 0.3) is 11.6 Å². The van der Waals surface area contributed by atoms with Crippen molar-refractivity contribution in [1.82, 2.24) is 10.2 Å². The largest absolute Gasteiger partial charge is 0.302 e. The zero-order valence-electron chi connectivity index (χ0n) is 9.32. The third-order valence-electron chi connectivity index (χ3n) is 2.87. The van der Waals surface area contributed by atoms with Gasteiger partial charge in [-0.1, -0.05) is 18.2 Å². The lowest BCUT2D eigenvalue weighted by Gasteiger charge is -1.97. The van der Waals surface area contributed by atoms with Crippen LogP contribution in [0.4, 0.5) is 5.69 Å². The lowest BCUT2D eigenvalue weighted by molar-refractivity contribution is 1.02. The molecule has 4 nitrogen and oxygen atoms in total. The van der Waals surface area contributed by atoms with Crippen molar-refractivity contribution in [3.8, 4) is 0 Å². The predicted molar refractivity (Wildman–Crippen MR) is 68.6 cm³/mol. The molecule has 0 radical (unpaired) electrons. The van der Waals surface area contributed by atoms with E-state index in [0.717, 1.165) is 22.5 Å². The molecule has 0 saturated heterocycles. The highest BCUT2D eigenvalue weighted by molar-refractivity contribution is 6.21. The minimum absolute atomic E-state index is 0.104. The number of nitrogens with one attached hydrogen (secondary N) is 2. The molecule has 84 valence electrons. The maximum absolute atomic E-state index is 11.6. The van der Waals surface area contributed by atoms with E-state index < -0.39 is 0 Å². The van der Waals surface area contributed by atoms with Crippen LogP contribution in [0, 0.1) is 6.92 Å². The van der Waals surface area contributed by atoms with Gasteiger partial charge in [0, 0.05) is 23.0 Å². The van der Waals surface area contributed by atoms with Gasteiger partial charge in [-0.25, -0.2) is 0 Å². The molecule has 0 spiro atoms. The van der Waals surface area contributed by atoms with Crippen LogP contribution < -0.4 is 5.56 Å². The fraction of sp³-hybridized carbons (Fsp3) is 0.0769. The average molecular weight is 225 g/mol. The van der Waals surface area contributed by atoms with Gasteiger partial charge in [-0.2, -0.15) is 0 Å². The second-order valence-corrected chi connectivity index (χ2v) is 3.99. The molecule has 4 heteroatoms. The van der Waals surface area contributed by atoms with E-state index >= 15 is 0 Å². The molecule has 0 saturated carbocycles. The Balaban J connectivity index is 2.15. The lowest BCUT2D eigenvalue weighted by Crippen LogP contribution is -2.02. The summed E-state index contributed by atoms with van der Waals surface area (Å²) in [7, 11) is 0. The van der Waals surface area contributed by atoms with E-state index in [1.807, 2.05) is 37.3 Å². The van der Waals surface area contributed by atoms with Crippen LogP contribution in [-0.4, -0.2) is 16.4 Å². The normalized spacial score (nSPS) is 15.5. The van der Waals surface area contributed by atoms with E-state index in [-0.39, 0.29) is 5.56 Å². The summed E-state index contributed by atoms with van der Waals surface area (Å²) in [5.41, 5.74) is 4.36. The van der Waals surface area contributed by atoms with Gasteiger partial charge >= 0.3 is 0 Å². The second-order valence-electron chi connectivity index (χ2n) is 3.99. The van der Waals surface area contributed by atoms with Crippen LogP contribution in [0.5, 0.6) is 0 Å². The third-order valence-corrected chi connectivity index (χ3v) is 2.87. The summed E-state index contributed by atoms with van der Waals surface area (Å²) in [6, 6.07) is 7.88. The first kappa shape index (κ1) is 9.84. The summed E-state index contributed by atoms with van der Waals surface area (Å²) in [5, 5.41) is 5.37. The van der Waals surface area contributed by atoms with Gasteiger partial charge in [0.2, 0.25) is 0 Å². The Morgan fingerprint density at radius 2 is 2.06 bits per heavy atom. The monoisotopic (exact) mass is 225 g/mol. The SMILES string of the molecule is Cc1[nH][nH]c(=O)c1/C=C1/C=Nc2ccccc21. The number of nitrogens with zero attached hydrogens (tertiary/aromatic N) is 1. The number of benzene rings is 1. The minimum atomic E-state index is -0.104. The molecule has 2 N–H and O–H groups in total. The lowest BCUT2D eigenvalue weighted by atomic mass is 10.0. The number of fused-ring (bicyclic) bond motifs is 1. The molecule has 0 bridgehead atoms. The predicted octanol–water partition coefficient (Wildman–Crippen LogP) is 2.27. The number of rotatable bonds is 1. The van der Waals surface area contributed by atoms with E-state index in [1.54, 1.807) is 6.21 Å². The van der Waals surface area contributed by atoms with Crippen molar-refractivity contribution in [1.29, 1.82) is 0 Å². The van der Waals surface area contributed by atoms with Gasteiger partial charge in [0.1, 0.15) is 0 Å². The van der Waals surface area contributed by atoms with E-state index in [1.165, 1.54) is 0 Å². The van der Waals surface area contributed by atoms with Crippen molar-refractivity contribution in [2.24, 2.45) is 4.99 Å². The molecule has 0 aliphatic carbocycles. The highest BCUT2D eigenvalue weighted by atomic mass is 16.1. The number of aliphatic imine (C=N–C) groups is 1. The standard InChI is InChI=1S/C13H11N3O/c1-8-11(13(17)16-15-8)6-9-7-14-12-5-3-2-4-10(9)12/h2-7H,1H3,(H2,15,16,17)/b9-6-. The molecule has 1 aliphatic heterocycles. The summed E-state index contributed by atoms with van der Waals surface area (Å²) < 4.78 is 0. The highest BCUT2D eigenvalue weighted by Gasteiger charge is 2.12. The number of hydrogen-bond acceptors (Lipinski definition) is 2. The Kier molecular flexibility index (Phi) is 2.08.